The summed E-state index contributed by atoms with van der Waals surface area (Å²) in [6.07, 6.45) is 4.10. The number of carboxylic acid groups (broad SMARTS) is 1. The lowest BCUT2D eigenvalue weighted by molar-refractivity contribution is -0.139. The van der Waals surface area contributed by atoms with Crippen LogP contribution < -0.4 is 4.90 Å². The number of anilines is 1. The second kappa shape index (κ2) is 9.38. The van der Waals surface area contributed by atoms with Crippen LogP contribution in [0.4, 0.5) is 14.6 Å². The number of rotatable bonds is 8. The molecule has 0 amide bonds. The number of carboxylic acids is 1. The summed E-state index contributed by atoms with van der Waals surface area (Å²) in [7, 11) is 1.46. The Bertz CT molecular complexity index is 1310. The zero-order valence-electron chi connectivity index (χ0n) is 18.7. The molecule has 1 unspecified atom stereocenters. The third-order valence-corrected chi connectivity index (χ3v) is 5.37. The van der Waals surface area contributed by atoms with E-state index in [1.807, 2.05) is 0 Å². The molecule has 0 saturated carbocycles. The number of aromatic nitrogens is 5. The number of halogens is 2. The van der Waals surface area contributed by atoms with E-state index in [9.17, 15) is 18.7 Å². The molecule has 0 radical (unpaired) electrons. The van der Waals surface area contributed by atoms with Gasteiger partial charge in [-0.15, -0.1) is 0 Å². The van der Waals surface area contributed by atoms with Crippen LogP contribution >= 0.6 is 0 Å². The van der Waals surface area contributed by atoms with E-state index in [-0.39, 0.29) is 29.9 Å². The van der Waals surface area contributed by atoms with Crippen molar-refractivity contribution in [1.29, 1.82) is 0 Å². The highest BCUT2D eigenvalue weighted by Gasteiger charge is 2.29. The van der Waals surface area contributed by atoms with Gasteiger partial charge in [-0.25, -0.2) is 23.2 Å². The SMILES string of the molecule is CC(C)C(C(=O)O)N(C)c1nc(-n2cc(-c3ccon3)c(Cc3ccccc3F)n2)ncc1F. The van der Waals surface area contributed by atoms with Crippen molar-refractivity contribution in [2.45, 2.75) is 26.3 Å². The van der Waals surface area contributed by atoms with Gasteiger partial charge >= 0.3 is 5.97 Å². The second-order valence-corrected chi connectivity index (χ2v) is 8.07. The number of hydrogen-bond donors (Lipinski definition) is 1. The number of hydrogen-bond acceptors (Lipinski definition) is 7. The summed E-state index contributed by atoms with van der Waals surface area (Å²) < 4.78 is 35.2. The molecule has 0 fully saturated rings. The molecule has 11 heteroatoms. The predicted octanol–water partition coefficient (Wildman–Crippen LogP) is 3.73. The molecule has 9 nitrogen and oxygen atoms in total. The van der Waals surface area contributed by atoms with E-state index in [0.29, 0.717) is 22.5 Å². The summed E-state index contributed by atoms with van der Waals surface area (Å²) in [4.78, 5) is 21.3. The van der Waals surface area contributed by atoms with Crippen molar-refractivity contribution in [3.8, 4) is 17.2 Å². The molecular formula is C23H22F2N6O3. The van der Waals surface area contributed by atoms with Crippen LogP contribution in [0.3, 0.4) is 0 Å². The van der Waals surface area contributed by atoms with Gasteiger partial charge in [0.2, 0.25) is 0 Å². The van der Waals surface area contributed by atoms with Gasteiger partial charge in [-0.2, -0.15) is 10.1 Å². The van der Waals surface area contributed by atoms with Crippen LogP contribution in [0.1, 0.15) is 25.1 Å². The number of likely N-dealkylation sites (N-methyl/N-ethyl adjacent to an activating group) is 1. The summed E-state index contributed by atoms with van der Waals surface area (Å²) in [5, 5.41) is 18.0. The smallest absolute Gasteiger partial charge is 0.326 e. The fraction of sp³-hybridized carbons (Fsp3) is 0.261. The van der Waals surface area contributed by atoms with Crippen molar-refractivity contribution in [1.82, 2.24) is 24.9 Å². The Kier molecular flexibility index (Phi) is 6.35. The number of aliphatic carboxylic acids is 1. The second-order valence-electron chi connectivity index (χ2n) is 8.07. The minimum Gasteiger partial charge on any atom is -0.480 e. The largest absolute Gasteiger partial charge is 0.480 e. The quantitative estimate of drug-likeness (QED) is 0.417. The Morgan fingerprint density at radius 3 is 2.62 bits per heavy atom. The van der Waals surface area contributed by atoms with Crippen molar-refractivity contribution < 1.29 is 23.2 Å². The van der Waals surface area contributed by atoms with Crippen molar-refractivity contribution >= 4 is 11.8 Å². The molecule has 1 atom stereocenters. The van der Waals surface area contributed by atoms with Gasteiger partial charge in [-0.05, 0) is 17.5 Å². The van der Waals surface area contributed by atoms with E-state index in [2.05, 4.69) is 20.2 Å². The highest BCUT2D eigenvalue weighted by atomic mass is 19.1. The Balaban J connectivity index is 1.77. The molecule has 0 bridgehead atoms. The summed E-state index contributed by atoms with van der Waals surface area (Å²) >= 11 is 0. The first-order chi connectivity index (χ1) is 16.3. The molecule has 1 aromatic carbocycles. The van der Waals surface area contributed by atoms with Crippen LogP contribution in [0.2, 0.25) is 0 Å². The molecule has 0 saturated heterocycles. The molecule has 3 aromatic heterocycles. The standard InChI is InChI=1S/C23H22F2N6O3/c1-13(2)20(22(32)33)30(3)21-17(25)11-26-23(27-21)31-12-15(18-8-9-34-29-18)19(28-31)10-14-6-4-5-7-16(14)24/h4-9,11-13,20H,10H2,1-3H3,(H,32,33). The lowest BCUT2D eigenvalue weighted by Crippen LogP contribution is -2.43. The lowest BCUT2D eigenvalue weighted by Gasteiger charge is -2.28. The van der Waals surface area contributed by atoms with Crippen molar-refractivity contribution in [2.75, 3.05) is 11.9 Å². The van der Waals surface area contributed by atoms with Crippen LogP contribution in [-0.4, -0.2) is 49.1 Å². The molecule has 4 aromatic rings. The van der Waals surface area contributed by atoms with Gasteiger partial charge in [0.25, 0.3) is 5.95 Å². The molecule has 0 aliphatic heterocycles. The van der Waals surface area contributed by atoms with E-state index in [1.54, 1.807) is 44.3 Å². The normalized spacial score (nSPS) is 12.2. The molecule has 34 heavy (non-hydrogen) atoms. The summed E-state index contributed by atoms with van der Waals surface area (Å²) in [5.74, 6) is -2.72. The van der Waals surface area contributed by atoms with E-state index >= 15 is 0 Å². The first-order valence-corrected chi connectivity index (χ1v) is 10.5. The van der Waals surface area contributed by atoms with Crippen LogP contribution in [0.25, 0.3) is 17.2 Å². The van der Waals surface area contributed by atoms with Gasteiger partial charge in [-0.1, -0.05) is 37.2 Å². The molecule has 4 rings (SSSR count). The van der Waals surface area contributed by atoms with E-state index in [4.69, 9.17) is 4.52 Å². The summed E-state index contributed by atoms with van der Waals surface area (Å²) in [5.41, 5.74) is 1.94. The van der Waals surface area contributed by atoms with Crippen LogP contribution in [0.5, 0.6) is 0 Å². The Morgan fingerprint density at radius 1 is 1.21 bits per heavy atom. The summed E-state index contributed by atoms with van der Waals surface area (Å²) in [6, 6.07) is 6.97. The first kappa shape index (κ1) is 23.0. The zero-order valence-corrected chi connectivity index (χ0v) is 18.7. The highest BCUT2D eigenvalue weighted by molar-refractivity contribution is 5.78. The van der Waals surface area contributed by atoms with E-state index < -0.39 is 17.8 Å². The predicted molar refractivity (Wildman–Crippen MR) is 118 cm³/mol. The molecule has 1 N–H and O–H groups in total. The number of nitrogens with zero attached hydrogens (tertiary/aromatic N) is 6. The summed E-state index contributed by atoms with van der Waals surface area (Å²) in [6.45, 7) is 3.45. The van der Waals surface area contributed by atoms with Crippen molar-refractivity contribution in [3.05, 3.63) is 71.9 Å². The third-order valence-electron chi connectivity index (χ3n) is 5.37. The number of benzene rings is 1. The zero-order chi connectivity index (χ0) is 24.4. The van der Waals surface area contributed by atoms with E-state index in [1.165, 1.54) is 29.0 Å². The molecular weight excluding hydrogens is 446 g/mol. The highest BCUT2D eigenvalue weighted by Crippen LogP contribution is 2.27. The van der Waals surface area contributed by atoms with Gasteiger partial charge in [-0.3, -0.25) is 0 Å². The van der Waals surface area contributed by atoms with E-state index in [0.717, 1.165) is 6.20 Å². The molecule has 0 aliphatic carbocycles. The minimum atomic E-state index is -1.10. The van der Waals surface area contributed by atoms with Crippen LogP contribution in [0.15, 0.2) is 53.5 Å². The minimum absolute atomic E-state index is 0.0145. The monoisotopic (exact) mass is 468 g/mol. The molecule has 0 aliphatic rings. The average Bonchev–Trinajstić information content (AvgIpc) is 3.45. The topological polar surface area (TPSA) is 110 Å². The Morgan fingerprint density at radius 2 is 1.97 bits per heavy atom. The Labute approximate surface area is 193 Å². The fourth-order valence-corrected chi connectivity index (χ4v) is 3.77. The maximum Gasteiger partial charge on any atom is 0.326 e. The van der Waals surface area contributed by atoms with Gasteiger partial charge in [0, 0.05) is 31.3 Å². The maximum absolute atomic E-state index is 14.6. The molecule has 176 valence electrons. The van der Waals surface area contributed by atoms with Gasteiger partial charge in [0.15, 0.2) is 11.6 Å². The number of carbonyl (C=O) groups is 1. The van der Waals surface area contributed by atoms with Gasteiger partial charge in [0.05, 0.1) is 11.9 Å². The van der Waals surface area contributed by atoms with Crippen LogP contribution in [0, 0.1) is 17.6 Å². The maximum atomic E-state index is 14.6. The average molecular weight is 468 g/mol. The fourth-order valence-electron chi connectivity index (χ4n) is 3.77. The van der Waals surface area contributed by atoms with Gasteiger partial charge in [0.1, 0.15) is 23.8 Å². The van der Waals surface area contributed by atoms with Crippen molar-refractivity contribution in [3.63, 3.8) is 0 Å². The first-order valence-electron chi connectivity index (χ1n) is 10.5. The third kappa shape index (κ3) is 4.49. The Hall–Kier alpha value is -4.15. The lowest BCUT2D eigenvalue weighted by atomic mass is 10.0. The molecule has 0 spiro atoms. The molecule has 3 heterocycles. The van der Waals surface area contributed by atoms with Gasteiger partial charge < -0.3 is 14.5 Å². The van der Waals surface area contributed by atoms with Crippen LogP contribution in [-0.2, 0) is 11.2 Å². The van der Waals surface area contributed by atoms with Crippen molar-refractivity contribution in [2.24, 2.45) is 5.92 Å².